The molecule has 1 aromatic heterocycles. The van der Waals surface area contributed by atoms with E-state index in [1.165, 1.54) is 12.1 Å². The number of rotatable bonds is 4. The zero-order chi connectivity index (χ0) is 20.9. The molecule has 150 valence electrons. The highest BCUT2D eigenvalue weighted by atomic mass is 19.1. The molecule has 2 heterocycles. The van der Waals surface area contributed by atoms with E-state index in [4.69, 9.17) is 5.26 Å². The van der Waals surface area contributed by atoms with Crippen LogP contribution in [-0.2, 0) is 4.79 Å². The number of pyridine rings is 1. The lowest BCUT2D eigenvalue weighted by atomic mass is 9.96. The van der Waals surface area contributed by atoms with Crippen molar-refractivity contribution in [2.45, 2.75) is 12.8 Å². The Morgan fingerprint density at radius 2 is 1.97 bits per heavy atom. The molecule has 0 unspecified atom stereocenters. The molecule has 1 fully saturated rings. The molecule has 0 saturated carbocycles. The summed E-state index contributed by atoms with van der Waals surface area (Å²) in [5.41, 5.74) is 3.05. The van der Waals surface area contributed by atoms with E-state index in [2.05, 4.69) is 21.3 Å². The van der Waals surface area contributed by atoms with Crippen LogP contribution in [0, 0.1) is 23.1 Å². The first-order chi connectivity index (χ1) is 14.6. The molecule has 0 bridgehead atoms. The van der Waals surface area contributed by atoms with Crippen molar-refractivity contribution in [2.24, 2.45) is 5.92 Å². The van der Waals surface area contributed by atoms with Crippen LogP contribution in [0.3, 0.4) is 0 Å². The Morgan fingerprint density at radius 3 is 2.70 bits per heavy atom. The molecular weight excluding hydrogens is 379 g/mol. The van der Waals surface area contributed by atoms with Gasteiger partial charge in [-0.15, -0.1) is 0 Å². The van der Waals surface area contributed by atoms with Gasteiger partial charge in [0.25, 0.3) is 0 Å². The zero-order valence-corrected chi connectivity index (χ0v) is 16.4. The van der Waals surface area contributed by atoms with E-state index in [0.717, 1.165) is 42.0 Å². The zero-order valence-electron chi connectivity index (χ0n) is 16.4. The van der Waals surface area contributed by atoms with Crippen LogP contribution in [0.15, 0.2) is 66.9 Å². The van der Waals surface area contributed by atoms with Crippen LogP contribution in [0.5, 0.6) is 0 Å². The first-order valence-electron chi connectivity index (χ1n) is 9.90. The molecule has 3 aromatic rings. The lowest BCUT2D eigenvalue weighted by Crippen LogP contribution is -2.41. The van der Waals surface area contributed by atoms with Crippen molar-refractivity contribution in [1.29, 1.82) is 5.26 Å². The molecule has 4 rings (SSSR count). The van der Waals surface area contributed by atoms with Gasteiger partial charge in [0.05, 0.1) is 11.5 Å². The number of anilines is 2. The Hall–Kier alpha value is -3.72. The molecule has 2 aromatic carbocycles. The third kappa shape index (κ3) is 4.47. The quantitative estimate of drug-likeness (QED) is 0.694. The largest absolute Gasteiger partial charge is 0.356 e. The highest BCUT2D eigenvalue weighted by Crippen LogP contribution is 2.25. The second-order valence-corrected chi connectivity index (χ2v) is 7.38. The van der Waals surface area contributed by atoms with Gasteiger partial charge in [0, 0.05) is 25.0 Å². The number of hydrogen-bond donors (Lipinski definition) is 1. The fraction of sp³-hybridized carbons (Fsp3) is 0.208. The molecule has 0 spiro atoms. The smallest absolute Gasteiger partial charge is 0.229 e. The van der Waals surface area contributed by atoms with Crippen molar-refractivity contribution >= 4 is 17.4 Å². The van der Waals surface area contributed by atoms with Gasteiger partial charge in [-0.25, -0.2) is 9.37 Å². The molecule has 1 amide bonds. The maximum absolute atomic E-state index is 13.2. The number of halogens is 1. The first-order valence-corrected chi connectivity index (χ1v) is 9.90. The molecular formula is C24H21FN4O. The number of nitrogens with one attached hydrogen (secondary N) is 1. The number of nitrogens with zero attached hydrogens (tertiary/aromatic N) is 3. The Bertz CT molecular complexity index is 1070. The summed E-state index contributed by atoms with van der Waals surface area (Å²) in [7, 11) is 0. The molecule has 30 heavy (non-hydrogen) atoms. The molecule has 0 aliphatic carbocycles. The molecule has 0 radical (unpaired) electrons. The van der Waals surface area contributed by atoms with Gasteiger partial charge in [-0.3, -0.25) is 4.79 Å². The minimum atomic E-state index is -0.276. The third-order valence-corrected chi connectivity index (χ3v) is 5.30. The summed E-state index contributed by atoms with van der Waals surface area (Å²) < 4.78 is 13.2. The summed E-state index contributed by atoms with van der Waals surface area (Å²) >= 11 is 0. The molecule has 5 nitrogen and oxygen atoms in total. The lowest BCUT2D eigenvalue weighted by molar-refractivity contribution is -0.120. The minimum Gasteiger partial charge on any atom is -0.356 e. The molecule has 1 N–H and O–H groups in total. The highest BCUT2D eigenvalue weighted by molar-refractivity contribution is 5.93. The van der Waals surface area contributed by atoms with Crippen LogP contribution in [0.2, 0.25) is 0 Å². The van der Waals surface area contributed by atoms with Crippen LogP contribution >= 0.6 is 0 Å². The van der Waals surface area contributed by atoms with Crippen molar-refractivity contribution in [3.63, 3.8) is 0 Å². The number of nitriles is 1. The van der Waals surface area contributed by atoms with Gasteiger partial charge in [0.15, 0.2) is 0 Å². The van der Waals surface area contributed by atoms with E-state index in [-0.39, 0.29) is 17.6 Å². The van der Waals surface area contributed by atoms with Crippen LogP contribution < -0.4 is 10.2 Å². The lowest BCUT2D eigenvalue weighted by Gasteiger charge is -2.32. The van der Waals surface area contributed by atoms with Crippen LogP contribution in [0.4, 0.5) is 15.9 Å². The molecule has 1 aliphatic heterocycles. The third-order valence-electron chi connectivity index (χ3n) is 5.30. The second kappa shape index (κ2) is 8.75. The average molecular weight is 400 g/mol. The predicted molar refractivity (Wildman–Crippen MR) is 114 cm³/mol. The monoisotopic (exact) mass is 400 g/mol. The summed E-state index contributed by atoms with van der Waals surface area (Å²) in [5.74, 6) is 0.335. The fourth-order valence-electron chi connectivity index (χ4n) is 3.70. The van der Waals surface area contributed by atoms with Gasteiger partial charge < -0.3 is 10.2 Å². The van der Waals surface area contributed by atoms with Crippen LogP contribution in [0.25, 0.3) is 11.1 Å². The normalized spacial score (nSPS) is 16.0. The standard InChI is InChI=1S/C24H21FN4O/c25-21-9-7-18(8-10-21)19-3-1-5-22(13-19)28-24(30)20-4-2-12-29(16-20)23-11-6-17(14-26)15-27-23/h1,3,5-11,13,15,20H,2,4,12,16H2,(H,28,30)/t20-/m1/s1. The summed E-state index contributed by atoms with van der Waals surface area (Å²) in [4.78, 5) is 19.3. The van der Waals surface area contributed by atoms with E-state index in [9.17, 15) is 9.18 Å². The number of benzene rings is 2. The summed E-state index contributed by atoms with van der Waals surface area (Å²) in [6, 6.07) is 19.5. The van der Waals surface area contributed by atoms with Crippen molar-refractivity contribution in [1.82, 2.24) is 4.98 Å². The van der Waals surface area contributed by atoms with Crippen molar-refractivity contribution < 1.29 is 9.18 Å². The fourth-order valence-corrected chi connectivity index (χ4v) is 3.70. The van der Waals surface area contributed by atoms with E-state index in [1.807, 2.05) is 30.3 Å². The molecule has 1 atom stereocenters. The van der Waals surface area contributed by atoms with Crippen molar-refractivity contribution in [3.05, 3.63) is 78.2 Å². The number of aromatic nitrogens is 1. The van der Waals surface area contributed by atoms with Gasteiger partial charge in [0.1, 0.15) is 17.7 Å². The predicted octanol–water partition coefficient (Wildman–Crippen LogP) is 4.61. The number of hydrogen-bond acceptors (Lipinski definition) is 4. The average Bonchev–Trinajstić information content (AvgIpc) is 2.80. The maximum atomic E-state index is 13.2. The SMILES string of the molecule is N#Cc1ccc(N2CCC[C@@H](C(=O)Nc3cccc(-c4ccc(F)cc4)c3)C2)nc1. The number of amides is 1. The topological polar surface area (TPSA) is 69.0 Å². The highest BCUT2D eigenvalue weighted by Gasteiger charge is 2.26. The summed E-state index contributed by atoms with van der Waals surface area (Å²) in [5, 5.41) is 11.9. The van der Waals surface area contributed by atoms with Crippen molar-refractivity contribution in [3.8, 4) is 17.2 Å². The Labute approximate surface area is 174 Å². The Balaban J connectivity index is 1.43. The van der Waals surface area contributed by atoms with Gasteiger partial charge in [-0.1, -0.05) is 24.3 Å². The summed E-state index contributed by atoms with van der Waals surface area (Å²) in [6.07, 6.45) is 3.27. The second-order valence-electron chi connectivity index (χ2n) is 7.38. The van der Waals surface area contributed by atoms with Gasteiger partial charge >= 0.3 is 0 Å². The maximum Gasteiger partial charge on any atom is 0.229 e. The molecule has 6 heteroatoms. The van der Waals surface area contributed by atoms with Crippen LogP contribution in [-0.4, -0.2) is 24.0 Å². The van der Waals surface area contributed by atoms with E-state index in [0.29, 0.717) is 12.1 Å². The van der Waals surface area contributed by atoms with Gasteiger partial charge in [0.2, 0.25) is 5.91 Å². The summed E-state index contributed by atoms with van der Waals surface area (Å²) in [6.45, 7) is 1.42. The number of piperidine rings is 1. The first kappa shape index (κ1) is 19.6. The van der Waals surface area contributed by atoms with E-state index in [1.54, 1.807) is 24.4 Å². The molecule has 1 aliphatic rings. The number of carbonyl (C=O) groups is 1. The van der Waals surface area contributed by atoms with Gasteiger partial charge in [-0.2, -0.15) is 5.26 Å². The Kier molecular flexibility index (Phi) is 5.71. The van der Waals surface area contributed by atoms with Gasteiger partial charge in [-0.05, 0) is 60.4 Å². The van der Waals surface area contributed by atoms with Crippen molar-refractivity contribution in [2.75, 3.05) is 23.3 Å². The van der Waals surface area contributed by atoms with E-state index < -0.39 is 0 Å². The minimum absolute atomic E-state index is 0.0235. The Morgan fingerprint density at radius 1 is 1.13 bits per heavy atom. The number of carbonyl (C=O) groups excluding carboxylic acids is 1. The van der Waals surface area contributed by atoms with Crippen LogP contribution in [0.1, 0.15) is 18.4 Å². The van der Waals surface area contributed by atoms with E-state index >= 15 is 0 Å². The molecule has 1 saturated heterocycles.